The number of fused-ring (bicyclic) bond motifs is 2. The summed E-state index contributed by atoms with van der Waals surface area (Å²) in [6.07, 6.45) is 3.99. The van der Waals surface area contributed by atoms with Crippen LogP contribution in [0.4, 0.5) is 5.69 Å². The van der Waals surface area contributed by atoms with E-state index in [1.165, 1.54) is 11.1 Å². The van der Waals surface area contributed by atoms with E-state index in [0.29, 0.717) is 34.1 Å². The molecule has 1 spiro atoms. The van der Waals surface area contributed by atoms with Crippen LogP contribution in [0.15, 0.2) is 59.6 Å². The van der Waals surface area contributed by atoms with Gasteiger partial charge in [0, 0.05) is 29.8 Å². The Kier molecular flexibility index (Phi) is 5.63. The molecule has 0 saturated carbocycles. The van der Waals surface area contributed by atoms with E-state index in [-0.39, 0.29) is 11.3 Å². The van der Waals surface area contributed by atoms with Gasteiger partial charge in [0.05, 0.1) is 5.02 Å². The number of piperidine rings is 1. The second-order valence-corrected chi connectivity index (χ2v) is 9.63. The average Bonchev–Trinajstić information content (AvgIpc) is 3.34. The summed E-state index contributed by atoms with van der Waals surface area (Å²) >= 11 is 6.44. The van der Waals surface area contributed by atoms with Gasteiger partial charge in [-0.05, 0) is 57.5 Å². The smallest absolute Gasteiger partial charge is 0.264 e. The number of carbonyl (C=O) groups is 1. The van der Waals surface area contributed by atoms with Crippen molar-refractivity contribution >= 4 is 23.2 Å². The van der Waals surface area contributed by atoms with Crippen LogP contribution < -0.4 is 4.90 Å². The van der Waals surface area contributed by atoms with Gasteiger partial charge in [0.2, 0.25) is 0 Å². The molecule has 5 rings (SSSR count). The molecular formula is C27H28ClN3O2. The number of carbonyl (C=O) groups excluding carboxylic acids is 1. The molecule has 0 N–H and O–H groups in total. The lowest BCUT2D eigenvalue weighted by Gasteiger charge is -2.39. The van der Waals surface area contributed by atoms with Gasteiger partial charge in [-0.2, -0.15) is 0 Å². The number of halogens is 1. The standard InChI is InChI=1S/C27H28ClN3O2/c1-4-13-30-14-11-27(12-15-30)17-31(23-10-9-18(2)16-21(23)27)26(32)24-19(3)33-29-25(24)20-7-5-6-8-22(20)28/h4-10,16H,1,11-15,17H2,2-3H3. The number of benzene rings is 2. The summed E-state index contributed by atoms with van der Waals surface area (Å²) in [6, 6.07) is 13.9. The van der Waals surface area contributed by atoms with Gasteiger partial charge in [-0.25, -0.2) is 0 Å². The molecule has 0 bridgehead atoms. The topological polar surface area (TPSA) is 49.6 Å². The van der Waals surface area contributed by atoms with Gasteiger partial charge in [-0.15, -0.1) is 6.58 Å². The molecule has 33 heavy (non-hydrogen) atoms. The van der Waals surface area contributed by atoms with Crippen LogP contribution >= 0.6 is 11.6 Å². The van der Waals surface area contributed by atoms with Crippen molar-refractivity contribution in [3.63, 3.8) is 0 Å². The third-order valence-electron chi connectivity index (χ3n) is 7.13. The van der Waals surface area contributed by atoms with Crippen LogP contribution in [0, 0.1) is 13.8 Å². The first-order valence-electron chi connectivity index (χ1n) is 11.4. The molecule has 3 heterocycles. The first kappa shape index (κ1) is 21.9. The monoisotopic (exact) mass is 461 g/mol. The fourth-order valence-electron chi connectivity index (χ4n) is 5.33. The van der Waals surface area contributed by atoms with Crippen molar-refractivity contribution in [1.82, 2.24) is 10.1 Å². The Balaban J connectivity index is 1.54. The van der Waals surface area contributed by atoms with Crippen molar-refractivity contribution in [3.8, 4) is 11.3 Å². The maximum atomic E-state index is 14.0. The zero-order valence-corrected chi connectivity index (χ0v) is 19.9. The molecule has 5 nitrogen and oxygen atoms in total. The molecule has 1 aromatic heterocycles. The molecule has 1 fully saturated rings. The van der Waals surface area contributed by atoms with Crippen molar-refractivity contribution in [1.29, 1.82) is 0 Å². The highest BCUT2D eigenvalue weighted by Crippen LogP contribution is 2.48. The van der Waals surface area contributed by atoms with E-state index in [1.807, 2.05) is 29.2 Å². The molecule has 170 valence electrons. The summed E-state index contributed by atoms with van der Waals surface area (Å²) in [5.41, 5.74) is 5.14. The zero-order chi connectivity index (χ0) is 23.2. The van der Waals surface area contributed by atoms with E-state index in [4.69, 9.17) is 16.1 Å². The molecule has 0 aliphatic carbocycles. The molecule has 0 atom stereocenters. The van der Waals surface area contributed by atoms with Crippen molar-refractivity contribution in [2.75, 3.05) is 31.1 Å². The first-order chi connectivity index (χ1) is 15.9. The maximum absolute atomic E-state index is 14.0. The number of hydrogen-bond donors (Lipinski definition) is 0. The van der Waals surface area contributed by atoms with Crippen LogP contribution in [-0.2, 0) is 5.41 Å². The second-order valence-electron chi connectivity index (χ2n) is 9.22. The molecule has 1 saturated heterocycles. The Morgan fingerprint density at radius 1 is 1.21 bits per heavy atom. The summed E-state index contributed by atoms with van der Waals surface area (Å²) in [6.45, 7) is 11.4. The van der Waals surface area contributed by atoms with E-state index in [0.717, 1.165) is 38.2 Å². The highest BCUT2D eigenvalue weighted by Gasteiger charge is 2.47. The number of rotatable bonds is 4. The number of aromatic nitrogens is 1. The fourth-order valence-corrected chi connectivity index (χ4v) is 5.56. The molecule has 1 amide bonds. The minimum absolute atomic E-state index is 0.0374. The summed E-state index contributed by atoms with van der Waals surface area (Å²) in [5, 5.41) is 4.77. The number of anilines is 1. The van der Waals surface area contributed by atoms with Crippen molar-refractivity contribution in [2.24, 2.45) is 0 Å². The molecule has 0 radical (unpaired) electrons. The Bertz CT molecular complexity index is 1220. The molecule has 2 aliphatic rings. The van der Waals surface area contributed by atoms with E-state index in [1.54, 1.807) is 13.0 Å². The average molecular weight is 462 g/mol. The van der Waals surface area contributed by atoms with E-state index in [2.05, 4.69) is 41.8 Å². The van der Waals surface area contributed by atoms with Gasteiger partial charge in [0.15, 0.2) is 0 Å². The number of amides is 1. The number of nitrogens with zero attached hydrogens (tertiary/aromatic N) is 3. The van der Waals surface area contributed by atoms with Crippen LogP contribution in [-0.4, -0.2) is 42.1 Å². The van der Waals surface area contributed by atoms with Gasteiger partial charge in [0.25, 0.3) is 5.91 Å². The summed E-state index contributed by atoms with van der Waals surface area (Å²) in [4.78, 5) is 18.4. The normalized spacial score (nSPS) is 17.4. The maximum Gasteiger partial charge on any atom is 0.264 e. The summed E-state index contributed by atoms with van der Waals surface area (Å²) < 4.78 is 5.50. The van der Waals surface area contributed by atoms with Gasteiger partial charge >= 0.3 is 0 Å². The van der Waals surface area contributed by atoms with E-state index >= 15 is 0 Å². The number of likely N-dealkylation sites (tertiary alicyclic amines) is 1. The fraction of sp³-hybridized carbons (Fsp3) is 0.333. The van der Waals surface area contributed by atoms with Crippen LogP contribution in [0.1, 0.15) is 40.1 Å². The molecular weight excluding hydrogens is 434 g/mol. The van der Waals surface area contributed by atoms with Crippen molar-refractivity contribution in [2.45, 2.75) is 32.1 Å². The SMILES string of the molecule is C=CCN1CCC2(CC1)CN(C(=O)c1c(-c3ccccc3Cl)noc1C)c1ccc(C)cc12. The molecule has 2 aromatic carbocycles. The van der Waals surface area contributed by atoms with E-state index < -0.39 is 0 Å². The summed E-state index contributed by atoms with van der Waals surface area (Å²) in [7, 11) is 0. The molecule has 3 aromatic rings. The van der Waals surface area contributed by atoms with Crippen LogP contribution in [0.3, 0.4) is 0 Å². The first-order valence-corrected chi connectivity index (χ1v) is 11.8. The van der Waals surface area contributed by atoms with Gasteiger partial charge in [-0.3, -0.25) is 9.69 Å². The lowest BCUT2D eigenvalue weighted by atomic mass is 9.74. The van der Waals surface area contributed by atoms with Gasteiger partial charge in [0.1, 0.15) is 17.0 Å². The second kappa shape index (κ2) is 8.47. The summed E-state index contributed by atoms with van der Waals surface area (Å²) in [5.74, 6) is 0.421. The minimum Gasteiger partial charge on any atom is -0.360 e. The molecule has 2 aliphatic heterocycles. The lowest BCUT2D eigenvalue weighted by molar-refractivity contribution is 0.0977. The van der Waals surface area contributed by atoms with Crippen LogP contribution in [0.5, 0.6) is 0 Å². The minimum atomic E-state index is -0.0841. The van der Waals surface area contributed by atoms with Crippen LogP contribution in [0.2, 0.25) is 5.02 Å². The van der Waals surface area contributed by atoms with Gasteiger partial charge in [-0.1, -0.05) is 58.7 Å². The highest BCUT2D eigenvalue weighted by atomic mass is 35.5. The third kappa shape index (κ3) is 3.69. The zero-order valence-electron chi connectivity index (χ0n) is 19.1. The Morgan fingerprint density at radius 3 is 2.70 bits per heavy atom. The Hall–Kier alpha value is -2.89. The molecule has 6 heteroatoms. The van der Waals surface area contributed by atoms with Crippen molar-refractivity contribution < 1.29 is 9.32 Å². The predicted octanol–water partition coefficient (Wildman–Crippen LogP) is 5.79. The Morgan fingerprint density at radius 2 is 1.97 bits per heavy atom. The number of hydrogen-bond acceptors (Lipinski definition) is 4. The van der Waals surface area contributed by atoms with Crippen molar-refractivity contribution in [3.05, 3.63) is 82.6 Å². The van der Waals surface area contributed by atoms with Gasteiger partial charge < -0.3 is 9.42 Å². The largest absolute Gasteiger partial charge is 0.360 e. The third-order valence-corrected chi connectivity index (χ3v) is 7.46. The van der Waals surface area contributed by atoms with E-state index in [9.17, 15) is 4.79 Å². The van der Waals surface area contributed by atoms with Crippen LogP contribution in [0.25, 0.3) is 11.3 Å². The predicted molar refractivity (Wildman–Crippen MR) is 132 cm³/mol. The quantitative estimate of drug-likeness (QED) is 0.461. The lowest BCUT2D eigenvalue weighted by Crippen LogP contribution is -2.46. The number of aryl methyl sites for hydroxylation is 2. The Labute approximate surface area is 199 Å². The highest BCUT2D eigenvalue weighted by molar-refractivity contribution is 6.33. The molecule has 0 unspecified atom stereocenters.